The van der Waals surface area contributed by atoms with E-state index in [4.69, 9.17) is 0 Å². The lowest BCUT2D eigenvalue weighted by atomic mass is 10.1. The van der Waals surface area contributed by atoms with Crippen LogP contribution in [0.1, 0.15) is 27.7 Å². The molecule has 86 valence electrons. The topological polar surface area (TPSA) is 15.3 Å². The number of hydrogen-bond acceptors (Lipinski definition) is 3. The summed E-state index contributed by atoms with van der Waals surface area (Å²) in [6.45, 7) is 13.6. The number of rotatable bonds is 7. The molecule has 0 aliphatic heterocycles. The first kappa shape index (κ1) is 14.3. The Kier molecular flexibility index (Phi) is 7.69. The highest BCUT2D eigenvalue weighted by atomic mass is 32.2. The molecule has 0 atom stereocenters. The third-order valence-corrected chi connectivity index (χ3v) is 2.98. The largest absolute Gasteiger partial charge is 0.315 e. The van der Waals surface area contributed by atoms with Crippen molar-refractivity contribution >= 4 is 11.8 Å². The van der Waals surface area contributed by atoms with Gasteiger partial charge in [0.25, 0.3) is 0 Å². The van der Waals surface area contributed by atoms with Crippen molar-refractivity contribution < 1.29 is 0 Å². The summed E-state index contributed by atoms with van der Waals surface area (Å²) in [6.07, 6.45) is 2.15. The van der Waals surface area contributed by atoms with E-state index in [1.54, 1.807) is 0 Å². The van der Waals surface area contributed by atoms with Crippen molar-refractivity contribution in [2.24, 2.45) is 0 Å². The van der Waals surface area contributed by atoms with Crippen LogP contribution in [-0.2, 0) is 0 Å². The van der Waals surface area contributed by atoms with Crippen LogP contribution >= 0.6 is 11.8 Å². The second kappa shape index (κ2) is 7.55. The molecule has 0 aromatic heterocycles. The Bertz CT molecular complexity index is 132. The zero-order valence-electron chi connectivity index (χ0n) is 10.4. The van der Waals surface area contributed by atoms with E-state index < -0.39 is 0 Å². The summed E-state index contributed by atoms with van der Waals surface area (Å²) >= 11 is 1.90. The Morgan fingerprint density at radius 1 is 1.21 bits per heavy atom. The van der Waals surface area contributed by atoms with E-state index in [0.717, 1.165) is 26.2 Å². The number of nitrogens with one attached hydrogen (secondary N) is 1. The first-order valence-electron chi connectivity index (χ1n) is 5.47. The molecule has 0 saturated heterocycles. The van der Waals surface area contributed by atoms with E-state index in [-0.39, 0.29) is 0 Å². The maximum Gasteiger partial charge on any atom is 0.0125 e. The van der Waals surface area contributed by atoms with Gasteiger partial charge in [0, 0.05) is 30.9 Å². The molecule has 0 radical (unpaired) electrons. The number of likely N-dealkylation sites (N-methyl/N-ethyl adjacent to an activating group) is 1. The van der Waals surface area contributed by atoms with E-state index in [1.807, 2.05) is 11.8 Å². The van der Waals surface area contributed by atoms with Crippen molar-refractivity contribution in [2.45, 2.75) is 33.2 Å². The molecule has 3 heteroatoms. The van der Waals surface area contributed by atoms with E-state index in [1.165, 1.54) is 5.75 Å². The van der Waals surface area contributed by atoms with Gasteiger partial charge in [-0.15, -0.1) is 0 Å². The molecule has 0 unspecified atom stereocenters. The van der Waals surface area contributed by atoms with Gasteiger partial charge in [-0.25, -0.2) is 0 Å². The molecule has 1 N–H and O–H groups in total. The number of hydrogen-bond donors (Lipinski definition) is 1. The van der Waals surface area contributed by atoms with Gasteiger partial charge in [0.15, 0.2) is 0 Å². The minimum Gasteiger partial charge on any atom is -0.315 e. The normalized spacial score (nSPS) is 12.4. The van der Waals surface area contributed by atoms with Gasteiger partial charge in [0.05, 0.1) is 0 Å². The summed E-state index contributed by atoms with van der Waals surface area (Å²) in [4.78, 5) is 2.50. The minimum absolute atomic E-state index is 0.302. The fourth-order valence-electron chi connectivity index (χ4n) is 1.48. The van der Waals surface area contributed by atoms with Crippen molar-refractivity contribution in [2.75, 3.05) is 38.2 Å². The fourth-order valence-corrected chi connectivity index (χ4v) is 1.83. The van der Waals surface area contributed by atoms with E-state index >= 15 is 0 Å². The van der Waals surface area contributed by atoms with Crippen LogP contribution in [0.2, 0.25) is 0 Å². The highest BCUT2D eigenvalue weighted by Crippen LogP contribution is 2.11. The fraction of sp³-hybridized carbons (Fsp3) is 1.00. The molecule has 0 bridgehead atoms. The average Bonchev–Trinajstić information content (AvgIpc) is 2.09. The van der Waals surface area contributed by atoms with Crippen LogP contribution in [-0.4, -0.2) is 48.6 Å². The predicted octanol–water partition coefficient (Wildman–Crippen LogP) is 2.06. The summed E-state index contributed by atoms with van der Waals surface area (Å²) in [5.74, 6) is 1.21. The van der Waals surface area contributed by atoms with Crippen molar-refractivity contribution in [3.63, 3.8) is 0 Å². The van der Waals surface area contributed by atoms with Crippen LogP contribution in [0, 0.1) is 0 Å². The maximum atomic E-state index is 3.46. The zero-order valence-corrected chi connectivity index (χ0v) is 11.2. The van der Waals surface area contributed by atoms with Crippen LogP contribution in [0.15, 0.2) is 0 Å². The van der Waals surface area contributed by atoms with Gasteiger partial charge >= 0.3 is 0 Å². The van der Waals surface area contributed by atoms with Gasteiger partial charge in [-0.1, -0.05) is 6.92 Å². The summed E-state index contributed by atoms with van der Waals surface area (Å²) in [5, 5.41) is 3.46. The molecular formula is C11H26N2S. The summed E-state index contributed by atoms with van der Waals surface area (Å²) in [7, 11) is 0. The van der Waals surface area contributed by atoms with Gasteiger partial charge in [-0.05, 0) is 33.6 Å². The monoisotopic (exact) mass is 218 g/mol. The van der Waals surface area contributed by atoms with E-state index in [2.05, 4.69) is 44.2 Å². The molecule has 2 nitrogen and oxygen atoms in total. The number of thioether (sulfide) groups is 1. The van der Waals surface area contributed by atoms with Crippen molar-refractivity contribution in [1.82, 2.24) is 10.2 Å². The second-order valence-electron chi connectivity index (χ2n) is 4.49. The predicted molar refractivity (Wildman–Crippen MR) is 68.3 cm³/mol. The first-order chi connectivity index (χ1) is 6.52. The summed E-state index contributed by atoms with van der Waals surface area (Å²) < 4.78 is 0. The Balaban J connectivity index is 3.54. The Hall–Kier alpha value is 0.270. The second-order valence-corrected chi connectivity index (χ2v) is 5.48. The Morgan fingerprint density at radius 3 is 2.29 bits per heavy atom. The molecule has 0 fully saturated rings. The van der Waals surface area contributed by atoms with Gasteiger partial charge in [0.1, 0.15) is 0 Å². The van der Waals surface area contributed by atoms with Gasteiger partial charge in [0.2, 0.25) is 0 Å². The highest BCUT2D eigenvalue weighted by molar-refractivity contribution is 7.98. The lowest BCUT2D eigenvalue weighted by Gasteiger charge is -2.34. The number of nitrogens with zero attached hydrogens (tertiary/aromatic N) is 1. The third kappa shape index (κ3) is 6.68. The van der Waals surface area contributed by atoms with E-state index in [0.29, 0.717) is 5.54 Å². The smallest absolute Gasteiger partial charge is 0.0125 e. The molecule has 0 spiro atoms. The molecule has 0 saturated carbocycles. The quantitative estimate of drug-likeness (QED) is 0.659. The van der Waals surface area contributed by atoms with Crippen molar-refractivity contribution in [1.29, 1.82) is 0 Å². The SMILES string of the molecule is CCN(CCNCCSC)C(C)(C)C. The van der Waals surface area contributed by atoms with E-state index in [9.17, 15) is 0 Å². The molecule has 0 aliphatic rings. The molecule has 14 heavy (non-hydrogen) atoms. The summed E-state index contributed by atoms with van der Waals surface area (Å²) in [6, 6.07) is 0. The van der Waals surface area contributed by atoms with Crippen LogP contribution in [0.4, 0.5) is 0 Å². The molecular weight excluding hydrogens is 192 g/mol. The van der Waals surface area contributed by atoms with Crippen LogP contribution in [0.25, 0.3) is 0 Å². The van der Waals surface area contributed by atoms with Crippen LogP contribution in [0.3, 0.4) is 0 Å². The molecule has 0 aromatic rings. The first-order valence-corrected chi connectivity index (χ1v) is 6.86. The Labute approximate surface area is 93.8 Å². The molecule has 0 rings (SSSR count). The average molecular weight is 218 g/mol. The van der Waals surface area contributed by atoms with Crippen LogP contribution < -0.4 is 5.32 Å². The van der Waals surface area contributed by atoms with Crippen molar-refractivity contribution in [3.8, 4) is 0 Å². The molecule has 0 aliphatic carbocycles. The maximum absolute atomic E-state index is 3.46. The molecule has 0 amide bonds. The van der Waals surface area contributed by atoms with Gasteiger partial charge in [-0.3, -0.25) is 4.90 Å². The minimum atomic E-state index is 0.302. The van der Waals surface area contributed by atoms with Gasteiger partial charge in [-0.2, -0.15) is 11.8 Å². The lowest BCUT2D eigenvalue weighted by Crippen LogP contribution is -2.44. The van der Waals surface area contributed by atoms with Crippen molar-refractivity contribution in [3.05, 3.63) is 0 Å². The third-order valence-electron chi connectivity index (χ3n) is 2.37. The van der Waals surface area contributed by atoms with Crippen LogP contribution in [0.5, 0.6) is 0 Å². The Morgan fingerprint density at radius 2 is 1.86 bits per heavy atom. The molecule has 0 aromatic carbocycles. The highest BCUT2D eigenvalue weighted by Gasteiger charge is 2.18. The van der Waals surface area contributed by atoms with Gasteiger partial charge < -0.3 is 5.32 Å². The zero-order chi connectivity index (χ0) is 11.0. The lowest BCUT2D eigenvalue weighted by molar-refractivity contribution is 0.146. The molecule has 0 heterocycles. The summed E-state index contributed by atoms with van der Waals surface area (Å²) in [5.41, 5.74) is 0.302. The standard InChI is InChI=1S/C11H26N2S/c1-6-13(11(2,3)4)9-7-12-8-10-14-5/h12H,6-10H2,1-5H3.